The van der Waals surface area contributed by atoms with E-state index in [-0.39, 0.29) is 15.7 Å². The Labute approximate surface area is 93.3 Å². The first kappa shape index (κ1) is 12.2. The van der Waals surface area contributed by atoms with Crippen LogP contribution in [0.4, 0.5) is 0 Å². The van der Waals surface area contributed by atoms with E-state index in [4.69, 9.17) is 21.5 Å². The van der Waals surface area contributed by atoms with Crippen LogP contribution in [-0.4, -0.2) is 20.0 Å². The average molecular weight is 251 g/mol. The summed E-state index contributed by atoms with van der Waals surface area (Å²) < 4.78 is 27.5. The van der Waals surface area contributed by atoms with Gasteiger partial charge in [0.1, 0.15) is 9.92 Å². The summed E-state index contributed by atoms with van der Waals surface area (Å²) in [4.78, 5) is 3.46. The molecule has 0 bridgehead atoms. The lowest BCUT2D eigenvalue weighted by molar-refractivity contribution is 0.309. The molecule has 0 aliphatic carbocycles. The van der Waals surface area contributed by atoms with E-state index in [2.05, 4.69) is 4.98 Å². The van der Waals surface area contributed by atoms with Gasteiger partial charge in [-0.15, -0.1) is 0 Å². The highest BCUT2D eigenvalue weighted by atomic mass is 35.5. The molecule has 0 saturated carbocycles. The van der Waals surface area contributed by atoms with Gasteiger partial charge in [-0.05, 0) is 6.42 Å². The van der Waals surface area contributed by atoms with Crippen LogP contribution in [0.15, 0.2) is 17.3 Å². The van der Waals surface area contributed by atoms with Gasteiger partial charge in [0.25, 0.3) is 0 Å². The molecule has 0 fully saturated rings. The Hall–Kier alpha value is -0.850. The van der Waals surface area contributed by atoms with E-state index in [1.807, 2.05) is 6.92 Å². The number of primary sulfonamides is 1. The van der Waals surface area contributed by atoms with Crippen LogP contribution in [0.1, 0.15) is 13.3 Å². The fourth-order valence-electron chi connectivity index (χ4n) is 0.952. The quantitative estimate of drug-likeness (QED) is 0.870. The number of halogens is 1. The number of nitrogens with two attached hydrogens (primary N) is 1. The summed E-state index contributed by atoms with van der Waals surface area (Å²) in [6.45, 7) is 2.26. The van der Waals surface area contributed by atoms with Crippen molar-refractivity contribution in [3.63, 3.8) is 0 Å². The van der Waals surface area contributed by atoms with Crippen LogP contribution in [-0.2, 0) is 10.0 Å². The molecule has 0 aliphatic rings. The molecule has 0 spiro atoms. The molecule has 0 unspecified atom stereocenters. The first-order valence-electron chi connectivity index (χ1n) is 4.26. The Kier molecular flexibility index (Phi) is 3.90. The van der Waals surface area contributed by atoms with Crippen molar-refractivity contribution in [3.05, 3.63) is 17.4 Å². The maximum absolute atomic E-state index is 11.2. The van der Waals surface area contributed by atoms with Crippen LogP contribution in [0.2, 0.25) is 5.02 Å². The zero-order valence-corrected chi connectivity index (χ0v) is 9.68. The number of sulfonamides is 1. The summed E-state index contributed by atoms with van der Waals surface area (Å²) in [5, 5.41) is 5.13. The fourth-order valence-corrected chi connectivity index (χ4v) is 1.86. The van der Waals surface area contributed by atoms with Crippen LogP contribution < -0.4 is 9.88 Å². The summed E-state index contributed by atoms with van der Waals surface area (Å²) >= 11 is 5.76. The predicted octanol–water partition coefficient (Wildman–Crippen LogP) is 1.17. The summed E-state index contributed by atoms with van der Waals surface area (Å²) in [6.07, 6.45) is 3.16. The zero-order valence-electron chi connectivity index (χ0n) is 8.10. The Bertz CT molecular complexity index is 447. The van der Waals surface area contributed by atoms with Crippen molar-refractivity contribution in [2.24, 2.45) is 5.14 Å². The molecule has 0 amide bonds. The molecule has 0 aliphatic heterocycles. The topological polar surface area (TPSA) is 82.3 Å². The van der Waals surface area contributed by atoms with E-state index in [0.717, 1.165) is 12.6 Å². The minimum Gasteiger partial charge on any atom is -0.490 e. The number of aromatic nitrogens is 1. The van der Waals surface area contributed by atoms with Crippen LogP contribution in [0.5, 0.6) is 5.75 Å². The summed E-state index contributed by atoms with van der Waals surface area (Å²) in [6, 6.07) is 0. The van der Waals surface area contributed by atoms with Crippen molar-refractivity contribution in [1.82, 2.24) is 4.98 Å². The first-order valence-corrected chi connectivity index (χ1v) is 6.18. The summed E-state index contributed by atoms with van der Waals surface area (Å²) in [5.74, 6) is 0.0658. The standard InChI is InChI=1S/C8H11ClN2O3S/c1-2-3-14-8-6(9)4-11-5-7(8)15(10,12)13/h4-5H,2-3H2,1H3,(H2,10,12,13). The number of pyridine rings is 1. The van der Waals surface area contributed by atoms with Crippen molar-refractivity contribution in [3.8, 4) is 5.75 Å². The molecule has 0 radical (unpaired) electrons. The van der Waals surface area contributed by atoms with Crippen LogP contribution in [0.3, 0.4) is 0 Å². The van der Waals surface area contributed by atoms with Crippen LogP contribution in [0, 0.1) is 0 Å². The second kappa shape index (κ2) is 4.78. The Morgan fingerprint density at radius 2 is 2.20 bits per heavy atom. The zero-order chi connectivity index (χ0) is 11.5. The molecule has 5 nitrogen and oxygen atoms in total. The molecular formula is C8H11ClN2O3S. The number of rotatable bonds is 4. The molecular weight excluding hydrogens is 240 g/mol. The molecule has 0 saturated heterocycles. The third-order valence-electron chi connectivity index (χ3n) is 1.58. The highest BCUT2D eigenvalue weighted by molar-refractivity contribution is 7.89. The van der Waals surface area contributed by atoms with Crippen molar-refractivity contribution >= 4 is 21.6 Å². The number of ether oxygens (including phenoxy) is 1. The molecule has 1 aromatic rings. The van der Waals surface area contributed by atoms with Gasteiger partial charge < -0.3 is 4.74 Å². The molecule has 0 atom stereocenters. The van der Waals surface area contributed by atoms with Crippen molar-refractivity contribution in [2.45, 2.75) is 18.2 Å². The van der Waals surface area contributed by atoms with Gasteiger partial charge in [-0.3, -0.25) is 4.98 Å². The molecule has 2 N–H and O–H groups in total. The maximum atomic E-state index is 11.2. The molecule has 1 rings (SSSR count). The maximum Gasteiger partial charge on any atom is 0.243 e. The second-order valence-corrected chi connectivity index (χ2v) is 4.78. The van der Waals surface area contributed by atoms with Gasteiger partial charge >= 0.3 is 0 Å². The molecule has 84 valence electrons. The third kappa shape index (κ3) is 3.05. The summed E-state index contributed by atoms with van der Waals surface area (Å²) in [5.41, 5.74) is 0. The fraction of sp³-hybridized carbons (Fsp3) is 0.375. The van der Waals surface area contributed by atoms with E-state index < -0.39 is 10.0 Å². The van der Waals surface area contributed by atoms with E-state index >= 15 is 0 Å². The van der Waals surface area contributed by atoms with Crippen LogP contribution in [0.25, 0.3) is 0 Å². The Morgan fingerprint density at radius 3 is 2.73 bits per heavy atom. The number of hydrogen-bond acceptors (Lipinski definition) is 4. The van der Waals surface area contributed by atoms with E-state index in [1.165, 1.54) is 6.20 Å². The highest BCUT2D eigenvalue weighted by Gasteiger charge is 2.18. The highest BCUT2D eigenvalue weighted by Crippen LogP contribution is 2.30. The first-order chi connectivity index (χ1) is 6.96. The van der Waals surface area contributed by atoms with E-state index in [0.29, 0.717) is 6.61 Å². The van der Waals surface area contributed by atoms with Crippen molar-refractivity contribution in [2.75, 3.05) is 6.61 Å². The van der Waals surface area contributed by atoms with E-state index in [9.17, 15) is 8.42 Å². The van der Waals surface area contributed by atoms with Gasteiger partial charge in [0.15, 0.2) is 5.75 Å². The lowest BCUT2D eigenvalue weighted by Gasteiger charge is -2.09. The molecule has 1 aromatic heterocycles. The van der Waals surface area contributed by atoms with Crippen molar-refractivity contribution in [1.29, 1.82) is 0 Å². The molecule has 0 aromatic carbocycles. The Balaban J connectivity index is 3.21. The lowest BCUT2D eigenvalue weighted by Crippen LogP contribution is -2.14. The number of hydrogen-bond donors (Lipinski definition) is 1. The normalized spacial score (nSPS) is 11.4. The van der Waals surface area contributed by atoms with Gasteiger partial charge in [-0.2, -0.15) is 0 Å². The van der Waals surface area contributed by atoms with Gasteiger partial charge in [0, 0.05) is 6.20 Å². The van der Waals surface area contributed by atoms with Gasteiger partial charge in [0.2, 0.25) is 10.0 Å². The second-order valence-electron chi connectivity index (χ2n) is 2.84. The van der Waals surface area contributed by atoms with Gasteiger partial charge in [0.05, 0.1) is 12.8 Å². The molecule has 7 heteroatoms. The summed E-state index contributed by atoms with van der Waals surface area (Å²) in [7, 11) is -3.86. The minimum atomic E-state index is -3.86. The minimum absolute atomic E-state index is 0.0658. The van der Waals surface area contributed by atoms with Crippen molar-refractivity contribution < 1.29 is 13.2 Å². The molecule has 1 heterocycles. The number of nitrogens with zero attached hydrogens (tertiary/aromatic N) is 1. The van der Waals surface area contributed by atoms with Gasteiger partial charge in [-0.1, -0.05) is 18.5 Å². The van der Waals surface area contributed by atoms with E-state index in [1.54, 1.807) is 0 Å². The largest absolute Gasteiger partial charge is 0.490 e. The Morgan fingerprint density at radius 1 is 1.53 bits per heavy atom. The van der Waals surface area contributed by atoms with Crippen LogP contribution >= 0.6 is 11.6 Å². The molecule has 15 heavy (non-hydrogen) atoms. The predicted molar refractivity (Wildman–Crippen MR) is 56.4 cm³/mol. The van der Waals surface area contributed by atoms with Gasteiger partial charge in [-0.25, -0.2) is 13.6 Å². The smallest absolute Gasteiger partial charge is 0.243 e. The lowest BCUT2D eigenvalue weighted by atomic mass is 10.4. The SMILES string of the molecule is CCCOc1c(Cl)cncc1S(N)(=O)=O. The monoisotopic (exact) mass is 250 g/mol. The average Bonchev–Trinajstić information content (AvgIpc) is 2.14. The third-order valence-corrected chi connectivity index (χ3v) is 2.75.